The van der Waals surface area contributed by atoms with Gasteiger partial charge in [-0.1, -0.05) is 17.7 Å². The molecule has 1 atom stereocenters. The van der Waals surface area contributed by atoms with Crippen molar-refractivity contribution in [2.45, 2.75) is 32.9 Å². The number of anilines is 1. The van der Waals surface area contributed by atoms with Gasteiger partial charge in [0.15, 0.2) is 5.82 Å². The number of carbonyl (C=O) groups is 1. The molecule has 8 nitrogen and oxygen atoms in total. The summed E-state index contributed by atoms with van der Waals surface area (Å²) in [6.07, 6.45) is 4.57. The van der Waals surface area contributed by atoms with Crippen LogP contribution in [-0.4, -0.2) is 40.1 Å². The molecule has 2 aromatic heterocycles. The summed E-state index contributed by atoms with van der Waals surface area (Å²) >= 11 is 6.64. The summed E-state index contributed by atoms with van der Waals surface area (Å²) in [4.78, 5) is 25.4. The number of nitrogens with zero attached hydrogens (tertiary/aromatic N) is 4. The Labute approximate surface area is 195 Å². The van der Waals surface area contributed by atoms with Gasteiger partial charge in [0.05, 0.1) is 29.7 Å². The monoisotopic (exact) mass is 471 g/mol. The molecule has 0 saturated heterocycles. The van der Waals surface area contributed by atoms with Crippen molar-refractivity contribution >= 4 is 23.5 Å². The highest BCUT2D eigenvalue weighted by Gasteiger charge is 2.22. The van der Waals surface area contributed by atoms with Gasteiger partial charge >= 0.3 is 0 Å². The highest BCUT2D eigenvalue weighted by atomic mass is 35.5. The van der Waals surface area contributed by atoms with E-state index in [1.807, 2.05) is 24.0 Å². The maximum Gasteiger partial charge on any atom is 0.225 e. The molecule has 0 fully saturated rings. The summed E-state index contributed by atoms with van der Waals surface area (Å²) in [7, 11) is 0. The second kappa shape index (κ2) is 9.99. The Morgan fingerprint density at radius 1 is 1.21 bits per heavy atom. The molecular weight excluding hydrogens is 449 g/mol. The maximum atomic E-state index is 13.1. The molecule has 1 N–H and O–H groups in total. The number of ether oxygens (including phenoxy) is 2. The third-order valence-electron chi connectivity index (χ3n) is 5.06. The van der Waals surface area contributed by atoms with Gasteiger partial charge in [-0.2, -0.15) is 0 Å². The van der Waals surface area contributed by atoms with E-state index in [4.69, 9.17) is 21.1 Å². The van der Waals surface area contributed by atoms with Crippen LogP contribution in [0, 0.1) is 5.82 Å². The summed E-state index contributed by atoms with van der Waals surface area (Å²) in [5.41, 5.74) is 2.05. The normalized spacial score (nSPS) is 13.8. The van der Waals surface area contributed by atoms with Gasteiger partial charge in [0.25, 0.3) is 0 Å². The minimum atomic E-state index is -0.463. The molecule has 3 aromatic rings. The van der Waals surface area contributed by atoms with Crippen molar-refractivity contribution < 1.29 is 18.7 Å². The number of amides is 1. The number of pyridine rings is 1. The Balaban J connectivity index is 1.39. The zero-order valence-corrected chi connectivity index (χ0v) is 19.0. The summed E-state index contributed by atoms with van der Waals surface area (Å²) in [6, 6.07) is 7.09. The molecule has 10 heteroatoms. The summed E-state index contributed by atoms with van der Waals surface area (Å²) in [5, 5.41) is 3.30. The van der Waals surface area contributed by atoms with Crippen molar-refractivity contribution in [1.82, 2.24) is 20.3 Å². The quantitative estimate of drug-likeness (QED) is 0.558. The van der Waals surface area contributed by atoms with E-state index in [1.54, 1.807) is 18.3 Å². The first-order valence-electron chi connectivity index (χ1n) is 10.5. The lowest BCUT2D eigenvalue weighted by molar-refractivity contribution is -0.119. The molecule has 0 radical (unpaired) electrons. The van der Waals surface area contributed by atoms with Gasteiger partial charge < -0.3 is 19.7 Å². The average molecular weight is 472 g/mol. The standard InChI is InChI=1S/C23H23ClFN5O3/c1-14(29-15(2)31)13-32-21-6-4-18(11-26-21)33-20-5-3-16-12-30(8-7-19(16)22(20)24)23-27-9-17(25)10-28-23/h3-6,9-11,14H,7-8,12-13H2,1-2H3,(H,29,31)/t14-/m0/s1. The molecule has 0 aliphatic carbocycles. The highest BCUT2D eigenvalue weighted by Crippen LogP contribution is 2.37. The third kappa shape index (κ3) is 5.67. The molecule has 0 spiro atoms. The Morgan fingerprint density at radius 3 is 2.70 bits per heavy atom. The maximum absolute atomic E-state index is 13.1. The van der Waals surface area contributed by atoms with E-state index in [0.29, 0.717) is 54.5 Å². The van der Waals surface area contributed by atoms with Crippen LogP contribution in [0.1, 0.15) is 25.0 Å². The number of nitrogens with one attached hydrogen (secondary N) is 1. The zero-order chi connectivity index (χ0) is 23.4. The molecule has 0 bridgehead atoms. The van der Waals surface area contributed by atoms with Crippen molar-refractivity contribution in [3.05, 3.63) is 64.8 Å². The van der Waals surface area contributed by atoms with E-state index in [-0.39, 0.29) is 11.9 Å². The lowest BCUT2D eigenvalue weighted by atomic mass is 9.99. The van der Waals surface area contributed by atoms with Crippen molar-refractivity contribution in [3.8, 4) is 17.4 Å². The largest absolute Gasteiger partial charge is 0.475 e. The van der Waals surface area contributed by atoms with Gasteiger partial charge in [0.1, 0.15) is 18.1 Å². The van der Waals surface area contributed by atoms with E-state index < -0.39 is 5.82 Å². The molecule has 172 valence electrons. The van der Waals surface area contributed by atoms with Crippen LogP contribution < -0.4 is 19.7 Å². The van der Waals surface area contributed by atoms with E-state index in [9.17, 15) is 9.18 Å². The molecular formula is C23H23ClFN5O3. The number of hydrogen-bond donors (Lipinski definition) is 1. The lowest BCUT2D eigenvalue weighted by Crippen LogP contribution is -2.35. The lowest BCUT2D eigenvalue weighted by Gasteiger charge is -2.29. The molecule has 3 heterocycles. The van der Waals surface area contributed by atoms with Crippen LogP contribution in [0.3, 0.4) is 0 Å². The molecule has 4 rings (SSSR count). The van der Waals surface area contributed by atoms with Crippen LogP contribution in [0.25, 0.3) is 0 Å². The molecule has 0 unspecified atom stereocenters. The predicted molar refractivity (Wildman–Crippen MR) is 121 cm³/mol. The van der Waals surface area contributed by atoms with Crippen LogP contribution in [0.15, 0.2) is 42.9 Å². The molecule has 1 aromatic carbocycles. The van der Waals surface area contributed by atoms with Crippen LogP contribution in [-0.2, 0) is 17.8 Å². The Kier molecular flexibility index (Phi) is 6.88. The number of benzene rings is 1. The Morgan fingerprint density at radius 2 is 2.00 bits per heavy atom. The Hall–Kier alpha value is -3.46. The number of halogens is 2. The highest BCUT2D eigenvalue weighted by molar-refractivity contribution is 6.33. The summed E-state index contributed by atoms with van der Waals surface area (Å²) in [6.45, 7) is 4.85. The predicted octanol–water partition coefficient (Wildman–Crippen LogP) is 3.92. The van der Waals surface area contributed by atoms with Gasteiger partial charge in [-0.3, -0.25) is 4.79 Å². The summed E-state index contributed by atoms with van der Waals surface area (Å²) < 4.78 is 24.6. The minimum absolute atomic E-state index is 0.110. The van der Waals surface area contributed by atoms with E-state index >= 15 is 0 Å². The number of hydrogen-bond acceptors (Lipinski definition) is 7. The second-order valence-corrected chi connectivity index (χ2v) is 8.11. The average Bonchev–Trinajstić information content (AvgIpc) is 2.80. The molecule has 1 aliphatic rings. The van der Waals surface area contributed by atoms with Gasteiger partial charge in [0, 0.05) is 26.1 Å². The first-order valence-corrected chi connectivity index (χ1v) is 10.8. The van der Waals surface area contributed by atoms with E-state index in [0.717, 1.165) is 23.5 Å². The first kappa shape index (κ1) is 22.7. The van der Waals surface area contributed by atoms with Crippen LogP contribution in [0.2, 0.25) is 5.02 Å². The number of carbonyl (C=O) groups excluding carboxylic acids is 1. The zero-order valence-electron chi connectivity index (χ0n) is 18.2. The van der Waals surface area contributed by atoms with Crippen molar-refractivity contribution in [2.24, 2.45) is 0 Å². The number of aromatic nitrogens is 3. The topological polar surface area (TPSA) is 89.5 Å². The number of rotatable bonds is 7. The Bertz CT molecular complexity index is 1130. The molecule has 1 aliphatic heterocycles. The first-order chi connectivity index (χ1) is 15.9. The summed E-state index contributed by atoms with van der Waals surface area (Å²) in [5.74, 6) is 1.40. The van der Waals surface area contributed by atoms with Gasteiger partial charge in [-0.05, 0) is 36.6 Å². The molecule has 0 saturated carbocycles. The third-order valence-corrected chi connectivity index (χ3v) is 5.47. The fraction of sp³-hybridized carbons (Fsp3) is 0.304. The fourth-order valence-electron chi connectivity index (χ4n) is 3.55. The SMILES string of the molecule is CC(=O)N[C@@H](C)COc1ccc(Oc2ccc3c(c2Cl)CCN(c2ncc(F)cn2)C3)cn1. The minimum Gasteiger partial charge on any atom is -0.475 e. The van der Waals surface area contributed by atoms with Gasteiger partial charge in [0.2, 0.25) is 17.7 Å². The molecule has 1 amide bonds. The second-order valence-electron chi connectivity index (χ2n) is 7.73. The van der Waals surface area contributed by atoms with Crippen molar-refractivity contribution in [1.29, 1.82) is 0 Å². The number of fused-ring (bicyclic) bond motifs is 1. The van der Waals surface area contributed by atoms with E-state index in [1.165, 1.54) is 6.92 Å². The molecule has 33 heavy (non-hydrogen) atoms. The van der Waals surface area contributed by atoms with E-state index in [2.05, 4.69) is 20.3 Å². The van der Waals surface area contributed by atoms with Crippen molar-refractivity contribution in [3.63, 3.8) is 0 Å². The van der Waals surface area contributed by atoms with Gasteiger partial charge in [-0.25, -0.2) is 19.3 Å². The van der Waals surface area contributed by atoms with Crippen LogP contribution in [0.5, 0.6) is 17.4 Å². The van der Waals surface area contributed by atoms with Gasteiger partial charge in [-0.15, -0.1) is 0 Å². The van der Waals surface area contributed by atoms with Crippen molar-refractivity contribution in [2.75, 3.05) is 18.1 Å². The smallest absolute Gasteiger partial charge is 0.225 e. The van der Waals surface area contributed by atoms with Crippen LogP contribution >= 0.6 is 11.6 Å². The van der Waals surface area contributed by atoms with Crippen LogP contribution in [0.4, 0.5) is 10.3 Å². The fourth-order valence-corrected chi connectivity index (χ4v) is 3.86.